The number of methoxy groups -OCH3 is 1. The van der Waals surface area contributed by atoms with E-state index in [2.05, 4.69) is 28.3 Å². The molecular formula is C17H27N3O. The Balaban J connectivity index is 1.88. The molecule has 2 fully saturated rings. The number of rotatable bonds is 5. The lowest BCUT2D eigenvalue weighted by Gasteiger charge is -2.35. The molecule has 2 unspecified atom stereocenters. The SMILES string of the molecule is CNCC1CCCCN(C2CC2)C1c1ccc(OC)nc1. The maximum atomic E-state index is 5.21. The van der Waals surface area contributed by atoms with Gasteiger partial charge in [-0.3, -0.25) is 4.90 Å². The molecule has 116 valence electrons. The molecule has 4 heteroatoms. The van der Waals surface area contributed by atoms with Gasteiger partial charge in [-0.2, -0.15) is 0 Å². The number of pyridine rings is 1. The highest BCUT2D eigenvalue weighted by Crippen LogP contribution is 2.41. The number of nitrogens with zero attached hydrogens (tertiary/aromatic N) is 2. The van der Waals surface area contributed by atoms with Crippen LogP contribution in [0.3, 0.4) is 0 Å². The quantitative estimate of drug-likeness (QED) is 0.904. The van der Waals surface area contributed by atoms with Gasteiger partial charge in [0.15, 0.2) is 0 Å². The fourth-order valence-electron chi connectivity index (χ4n) is 3.71. The van der Waals surface area contributed by atoms with Gasteiger partial charge in [0.2, 0.25) is 5.88 Å². The summed E-state index contributed by atoms with van der Waals surface area (Å²) >= 11 is 0. The number of ether oxygens (including phenoxy) is 1. The van der Waals surface area contributed by atoms with Gasteiger partial charge in [0.1, 0.15) is 0 Å². The molecule has 0 amide bonds. The summed E-state index contributed by atoms with van der Waals surface area (Å²) in [4.78, 5) is 7.19. The van der Waals surface area contributed by atoms with Crippen LogP contribution in [0.5, 0.6) is 5.88 Å². The molecule has 0 spiro atoms. The molecule has 0 radical (unpaired) electrons. The molecule has 0 aromatic carbocycles. The van der Waals surface area contributed by atoms with Gasteiger partial charge in [-0.15, -0.1) is 0 Å². The highest BCUT2D eigenvalue weighted by molar-refractivity contribution is 5.22. The van der Waals surface area contributed by atoms with Crippen molar-refractivity contribution in [3.63, 3.8) is 0 Å². The van der Waals surface area contributed by atoms with E-state index in [1.54, 1.807) is 7.11 Å². The first-order valence-electron chi connectivity index (χ1n) is 8.23. The molecular weight excluding hydrogens is 262 g/mol. The third-order valence-corrected chi connectivity index (χ3v) is 4.84. The van der Waals surface area contributed by atoms with Crippen LogP contribution in [0.4, 0.5) is 0 Å². The topological polar surface area (TPSA) is 37.4 Å². The molecule has 1 aromatic rings. The van der Waals surface area contributed by atoms with E-state index < -0.39 is 0 Å². The van der Waals surface area contributed by atoms with E-state index in [1.807, 2.05) is 12.3 Å². The van der Waals surface area contributed by atoms with Gasteiger partial charge in [-0.05, 0) is 57.3 Å². The van der Waals surface area contributed by atoms with Crippen LogP contribution in [0, 0.1) is 5.92 Å². The Morgan fingerprint density at radius 2 is 2.14 bits per heavy atom. The normalized spacial score (nSPS) is 27.3. The number of aromatic nitrogens is 1. The molecule has 2 heterocycles. The lowest BCUT2D eigenvalue weighted by Crippen LogP contribution is -2.37. The number of hydrogen-bond acceptors (Lipinski definition) is 4. The summed E-state index contributed by atoms with van der Waals surface area (Å²) in [6, 6.07) is 5.52. The summed E-state index contributed by atoms with van der Waals surface area (Å²) < 4.78 is 5.21. The van der Waals surface area contributed by atoms with Gasteiger partial charge in [0.05, 0.1) is 7.11 Å². The first kappa shape index (κ1) is 14.8. The largest absolute Gasteiger partial charge is 0.481 e. The molecule has 1 saturated heterocycles. The fourth-order valence-corrected chi connectivity index (χ4v) is 3.71. The summed E-state index contributed by atoms with van der Waals surface area (Å²) in [5.41, 5.74) is 1.35. The van der Waals surface area contributed by atoms with Crippen LogP contribution in [0.2, 0.25) is 0 Å². The summed E-state index contributed by atoms with van der Waals surface area (Å²) in [6.07, 6.45) is 8.73. The van der Waals surface area contributed by atoms with E-state index in [1.165, 1.54) is 44.2 Å². The minimum atomic E-state index is 0.505. The summed E-state index contributed by atoms with van der Waals surface area (Å²) in [6.45, 7) is 2.32. The highest BCUT2D eigenvalue weighted by atomic mass is 16.5. The van der Waals surface area contributed by atoms with Gasteiger partial charge >= 0.3 is 0 Å². The fraction of sp³-hybridized carbons (Fsp3) is 0.706. The van der Waals surface area contributed by atoms with Gasteiger partial charge in [0.25, 0.3) is 0 Å². The van der Waals surface area contributed by atoms with E-state index in [0.29, 0.717) is 17.8 Å². The van der Waals surface area contributed by atoms with Crippen molar-refractivity contribution in [1.29, 1.82) is 0 Å². The van der Waals surface area contributed by atoms with E-state index in [-0.39, 0.29) is 0 Å². The minimum Gasteiger partial charge on any atom is -0.481 e. The van der Waals surface area contributed by atoms with Crippen molar-refractivity contribution >= 4 is 0 Å². The van der Waals surface area contributed by atoms with E-state index >= 15 is 0 Å². The number of likely N-dealkylation sites (tertiary alicyclic amines) is 1. The third kappa shape index (κ3) is 3.38. The van der Waals surface area contributed by atoms with Crippen molar-refractivity contribution in [3.8, 4) is 5.88 Å². The second-order valence-corrected chi connectivity index (χ2v) is 6.36. The highest BCUT2D eigenvalue weighted by Gasteiger charge is 2.39. The molecule has 0 bridgehead atoms. The lowest BCUT2D eigenvalue weighted by atomic mass is 9.89. The molecule has 1 N–H and O–H groups in total. The Hall–Kier alpha value is -1.13. The van der Waals surface area contributed by atoms with Crippen LogP contribution in [0.25, 0.3) is 0 Å². The average Bonchev–Trinajstić information content (AvgIpc) is 3.34. The van der Waals surface area contributed by atoms with E-state index in [4.69, 9.17) is 4.74 Å². The van der Waals surface area contributed by atoms with Crippen molar-refractivity contribution in [3.05, 3.63) is 23.9 Å². The first-order chi connectivity index (χ1) is 10.3. The van der Waals surface area contributed by atoms with E-state index in [9.17, 15) is 0 Å². The summed E-state index contributed by atoms with van der Waals surface area (Å²) in [5.74, 6) is 1.38. The predicted octanol–water partition coefficient (Wildman–Crippen LogP) is 2.62. The minimum absolute atomic E-state index is 0.505. The van der Waals surface area contributed by atoms with Crippen LogP contribution in [-0.4, -0.2) is 43.2 Å². The van der Waals surface area contributed by atoms with Crippen molar-refractivity contribution in [2.75, 3.05) is 27.2 Å². The van der Waals surface area contributed by atoms with Crippen LogP contribution in [-0.2, 0) is 0 Å². The molecule has 1 aliphatic carbocycles. The molecule has 4 nitrogen and oxygen atoms in total. The van der Waals surface area contributed by atoms with Crippen molar-refractivity contribution < 1.29 is 4.74 Å². The van der Waals surface area contributed by atoms with Crippen LogP contribution in [0.15, 0.2) is 18.3 Å². The Kier molecular flexibility index (Phi) is 4.76. The molecule has 21 heavy (non-hydrogen) atoms. The molecule has 1 saturated carbocycles. The molecule has 2 aliphatic rings. The Labute approximate surface area is 127 Å². The van der Waals surface area contributed by atoms with Crippen LogP contribution >= 0.6 is 0 Å². The van der Waals surface area contributed by atoms with Gasteiger partial charge < -0.3 is 10.1 Å². The molecule has 1 aliphatic heterocycles. The first-order valence-corrected chi connectivity index (χ1v) is 8.23. The summed E-state index contributed by atoms with van der Waals surface area (Å²) in [7, 11) is 3.74. The molecule has 3 rings (SSSR count). The second kappa shape index (κ2) is 6.75. The van der Waals surface area contributed by atoms with Gasteiger partial charge in [-0.25, -0.2) is 4.98 Å². The van der Waals surface area contributed by atoms with Gasteiger partial charge in [0, 0.05) is 24.3 Å². The third-order valence-electron chi connectivity index (χ3n) is 4.84. The Morgan fingerprint density at radius 1 is 1.29 bits per heavy atom. The van der Waals surface area contributed by atoms with Crippen molar-refractivity contribution in [1.82, 2.24) is 15.2 Å². The standard InChI is InChI=1S/C17H27N3O/c1-18-11-13-5-3-4-10-20(15-7-8-15)17(13)14-6-9-16(21-2)19-12-14/h6,9,12-13,15,17-18H,3-5,7-8,10-11H2,1-2H3. The predicted molar refractivity (Wildman–Crippen MR) is 84.5 cm³/mol. The summed E-state index contributed by atoms with van der Waals surface area (Å²) in [5, 5.41) is 3.40. The number of hydrogen-bond donors (Lipinski definition) is 1. The zero-order valence-electron chi connectivity index (χ0n) is 13.2. The zero-order chi connectivity index (χ0) is 14.7. The number of nitrogens with one attached hydrogen (secondary N) is 1. The molecule has 1 aromatic heterocycles. The maximum Gasteiger partial charge on any atom is 0.212 e. The Morgan fingerprint density at radius 3 is 2.76 bits per heavy atom. The van der Waals surface area contributed by atoms with Crippen LogP contribution < -0.4 is 10.1 Å². The van der Waals surface area contributed by atoms with Crippen molar-refractivity contribution in [2.45, 2.75) is 44.2 Å². The second-order valence-electron chi connectivity index (χ2n) is 6.36. The monoisotopic (exact) mass is 289 g/mol. The van der Waals surface area contributed by atoms with Crippen molar-refractivity contribution in [2.24, 2.45) is 5.92 Å². The van der Waals surface area contributed by atoms with Gasteiger partial charge in [-0.1, -0.05) is 12.5 Å². The smallest absolute Gasteiger partial charge is 0.212 e. The lowest BCUT2D eigenvalue weighted by molar-refractivity contribution is 0.145. The van der Waals surface area contributed by atoms with Crippen LogP contribution in [0.1, 0.15) is 43.7 Å². The average molecular weight is 289 g/mol. The zero-order valence-corrected chi connectivity index (χ0v) is 13.2. The maximum absolute atomic E-state index is 5.21. The molecule has 2 atom stereocenters. The Bertz CT molecular complexity index is 444. The van der Waals surface area contributed by atoms with E-state index in [0.717, 1.165) is 12.6 Å².